The Balaban J connectivity index is 1.98. The minimum absolute atomic E-state index is 0.627. The van der Waals surface area contributed by atoms with Gasteiger partial charge in [0.25, 0.3) is 0 Å². The molecule has 0 aromatic carbocycles. The molecule has 0 aliphatic carbocycles. The summed E-state index contributed by atoms with van der Waals surface area (Å²) in [4.78, 5) is 3.94. The summed E-state index contributed by atoms with van der Waals surface area (Å²) in [6.45, 7) is 6.90. The standard InChI is InChI=1S/C13H21ClN2S/c1-9-10(2)16(7-6-12(9)15-3)8-11-4-5-13(14)17-11/h4-5,9-10,12,15H,6-8H2,1-3H3. The predicted octanol–water partition coefficient (Wildman–Crippen LogP) is 3.22. The molecule has 96 valence electrons. The normalized spacial score (nSPS) is 30.7. The highest BCUT2D eigenvalue weighted by Gasteiger charge is 2.31. The Morgan fingerprint density at radius 2 is 2.24 bits per heavy atom. The van der Waals surface area contributed by atoms with Gasteiger partial charge < -0.3 is 5.32 Å². The number of hydrogen-bond donors (Lipinski definition) is 1. The van der Waals surface area contributed by atoms with Crippen LogP contribution in [0.25, 0.3) is 0 Å². The smallest absolute Gasteiger partial charge is 0.0931 e. The van der Waals surface area contributed by atoms with Gasteiger partial charge in [0.2, 0.25) is 0 Å². The molecule has 1 N–H and O–H groups in total. The van der Waals surface area contributed by atoms with Crippen LogP contribution in [-0.2, 0) is 6.54 Å². The minimum atomic E-state index is 0.627. The molecule has 1 aromatic heterocycles. The first-order chi connectivity index (χ1) is 8.11. The van der Waals surface area contributed by atoms with Gasteiger partial charge >= 0.3 is 0 Å². The van der Waals surface area contributed by atoms with Crippen LogP contribution in [0.2, 0.25) is 4.34 Å². The Hall–Kier alpha value is -0.0900. The lowest BCUT2D eigenvalue weighted by molar-refractivity contribution is 0.0820. The van der Waals surface area contributed by atoms with Crippen molar-refractivity contribution in [1.82, 2.24) is 10.2 Å². The van der Waals surface area contributed by atoms with Crippen LogP contribution >= 0.6 is 22.9 Å². The van der Waals surface area contributed by atoms with Crippen LogP contribution in [0.3, 0.4) is 0 Å². The van der Waals surface area contributed by atoms with E-state index < -0.39 is 0 Å². The number of likely N-dealkylation sites (tertiary alicyclic amines) is 1. The van der Waals surface area contributed by atoms with Gasteiger partial charge in [-0.25, -0.2) is 0 Å². The molecule has 1 aliphatic rings. The molecule has 2 heterocycles. The van der Waals surface area contributed by atoms with E-state index in [1.165, 1.54) is 17.8 Å². The summed E-state index contributed by atoms with van der Waals surface area (Å²) in [5, 5.41) is 3.43. The van der Waals surface area contributed by atoms with Crippen molar-refractivity contribution in [2.75, 3.05) is 13.6 Å². The number of thiophene rings is 1. The molecular weight excluding hydrogens is 252 g/mol. The first kappa shape index (κ1) is 13.3. The van der Waals surface area contributed by atoms with Crippen molar-refractivity contribution >= 4 is 22.9 Å². The number of hydrogen-bond acceptors (Lipinski definition) is 3. The molecule has 0 bridgehead atoms. The van der Waals surface area contributed by atoms with Crippen molar-refractivity contribution in [2.45, 2.75) is 38.9 Å². The molecule has 0 radical (unpaired) electrons. The molecule has 3 atom stereocenters. The molecule has 2 nitrogen and oxygen atoms in total. The summed E-state index contributed by atoms with van der Waals surface area (Å²) in [6, 6.07) is 5.43. The molecule has 1 fully saturated rings. The predicted molar refractivity (Wildman–Crippen MR) is 75.8 cm³/mol. The maximum atomic E-state index is 5.98. The van der Waals surface area contributed by atoms with Crippen molar-refractivity contribution in [3.05, 3.63) is 21.3 Å². The highest BCUT2D eigenvalue weighted by molar-refractivity contribution is 7.16. The Bertz CT molecular complexity index is 366. The summed E-state index contributed by atoms with van der Waals surface area (Å²) < 4.78 is 0.894. The van der Waals surface area contributed by atoms with Crippen molar-refractivity contribution < 1.29 is 0 Å². The molecule has 1 saturated heterocycles. The summed E-state index contributed by atoms with van der Waals surface area (Å²) >= 11 is 7.68. The van der Waals surface area contributed by atoms with Gasteiger partial charge in [0.15, 0.2) is 0 Å². The molecule has 0 saturated carbocycles. The third-order valence-corrected chi connectivity index (χ3v) is 5.27. The monoisotopic (exact) mass is 272 g/mol. The third kappa shape index (κ3) is 3.02. The van der Waals surface area contributed by atoms with Crippen LogP contribution in [0.1, 0.15) is 25.1 Å². The Labute approximate surface area is 113 Å². The average Bonchev–Trinajstić information content (AvgIpc) is 2.71. The van der Waals surface area contributed by atoms with E-state index in [0.717, 1.165) is 10.9 Å². The quantitative estimate of drug-likeness (QED) is 0.909. The van der Waals surface area contributed by atoms with Gasteiger partial charge in [-0.1, -0.05) is 18.5 Å². The number of halogens is 1. The molecule has 2 rings (SSSR count). The number of nitrogens with zero attached hydrogens (tertiary/aromatic N) is 1. The van der Waals surface area contributed by atoms with E-state index in [9.17, 15) is 0 Å². The molecule has 3 unspecified atom stereocenters. The molecule has 0 amide bonds. The van der Waals surface area contributed by atoms with E-state index in [0.29, 0.717) is 18.0 Å². The van der Waals surface area contributed by atoms with Crippen molar-refractivity contribution in [2.24, 2.45) is 5.92 Å². The van der Waals surface area contributed by atoms with Crippen LogP contribution in [0.15, 0.2) is 12.1 Å². The topological polar surface area (TPSA) is 15.3 Å². The second-order valence-electron chi connectivity index (χ2n) is 4.96. The van der Waals surface area contributed by atoms with Gasteiger partial charge in [-0.2, -0.15) is 0 Å². The van der Waals surface area contributed by atoms with E-state index >= 15 is 0 Å². The summed E-state index contributed by atoms with van der Waals surface area (Å²) in [6.07, 6.45) is 1.24. The van der Waals surface area contributed by atoms with Crippen LogP contribution in [0.4, 0.5) is 0 Å². The van der Waals surface area contributed by atoms with Crippen LogP contribution < -0.4 is 5.32 Å². The second kappa shape index (κ2) is 5.70. The van der Waals surface area contributed by atoms with E-state index in [1.54, 1.807) is 11.3 Å². The number of piperidine rings is 1. The minimum Gasteiger partial charge on any atom is -0.317 e. The molecular formula is C13H21ClN2S. The zero-order chi connectivity index (χ0) is 12.4. The highest BCUT2D eigenvalue weighted by atomic mass is 35.5. The summed E-state index contributed by atoms with van der Waals surface area (Å²) in [7, 11) is 2.07. The molecule has 1 aliphatic heterocycles. The van der Waals surface area contributed by atoms with Crippen molar-refractivity contribution in [1.29, 1.82) is 0 Å². The number of nitrogens with one attached hydrogen (secondary N) is 1. The van der Waals surface area contributed by atoms with Gasteiger partial charge in [0, 0.05) is 30.1 Å². The number of rotatable bonds is 3. The Morgan fingerprint density at radius 1 is 1.47 bits per heavy atom. The zero-order valence-electron chi connectivity index (χ0n) is 10.7. The molecule has 1 aromatic rings. The SMILES string of the molecule is CNC1CCN(Cc2ccc(Cl)s2)C(C)C1C. The lowest BCUT2D eigenvalue weighted by atomic mass is 9.87. The fraction of sp³-hybridized carbons (Fsp3) is 0.692. The van der Waals surface area contributed by atoms with Gasteiger partial charge in [-0.15, -0.1) is 11.3 Å². The van der Waals surface area contributed by atoms with E-state index in [4.69, 9.17) is 11.6 Å². The van der Waals surface area contributed by atoms with Gasteiger partial charge in [-0.05, 0) is 38.4 Å². The van der Waals surface area contributed by atoms with Gasteiger partial charge in [-0.3, -0.25) is 4.90 Å². The van der Waals surface area contributed by atoms with E-state index in [1.807, 2.05) is 6.07 Å². The van der Waals surface area contributed by atoms with Gasteiger partial charge in [0.05, 0.1) is 4.34 Å². The van der Waals surface area contributed by atoms with Crippen molar-refractivity contribution in [3.63, 3.8) is 0 Å². The average molecular weight is 273 g/mol. The Kier molecular flexibility index (Phi) is 4.47. The Morgan fingerprint density at radius 3 is 2.82 bits per heavy atom. The lowest BCUT2D eigenvalue weighted by Crippen LogP contribution is -2.52. The lowest BCUT2D eigenvalue weighted by Gasteiger charge is -2.42. The maximum Gasteiger partial charge on any atom is 0.0931 e. The summed E-state index contributed by atoms with van der Waals surface area (Å²) in [5.74, 6) is 0.698. The second-order valence-corrected chi connectivity index (χ2v) is 6.76. The van der Waals surface area contributed by atoms with E-state index in [2.05, 4.69) is 37.2 Å². The molecule has 4 heteroatoms. The van der Waals surface area contributed by atoms with Gasteiger partial charge in [0.1, 0.15) is 0 Å². The van der Waals surface area contributed by atoms with Crippen LogP contribution in [-0.4, -0.2) is 30.6 Å². The molecule has 0 spiro atoms. The first-order valence-corrected chi connectivity index (χ1v) is 7.46. The first-order valence-electron chi connectivity index (χ1n) is 6.27. The largest absolute Gasteiger partial charge is 0.317 e. The fourth-order valence-corrected chi connectivity index (χ4v) is 3.82. The van der Waals surface area contributed by atoms with E-state index in [-0.39, 0.29) is 0 Å². The van der Waals surface area contributed by atoms with Crippen molar-refractivity contribution in [3.8, 4) is 0 Å². The summed E-state index contributed by atoms with van der Waals surface area (Å²) in [5.41, 5.74) is 0. The van der Waals surface area contributed by atoms with Crippen LogP contribution in [0.5, 0.6) is 0 Å². The van der Waals surface area contributed by atoms with Crippen LogP contribution in [0, 0.1) is 5.92 Å². The maximum absolute atomic E-state index is 5.98. The fourth-order valence-electron chi connectivity index (χ4n) is 2.71. The third-order valence-electron chi connectivity index (χ3n) is 4.06. The molecule has 17 heavy (non-hydrogen) atoms. The zero-order valence-corrected chi connectivity index (χ0v) is 12.3. The highest BCUT2D eigenvalue weighted by Crippen LogP contribution is 2.28.